The zero-order chi connectivity index (χ0) is 19.3. The van der Waals surface area contributed by atoms with E-state index in [-0.39, 0.29) is 23.7 Å². The van der Waals surface area contributed by atoms with Crippen molar-refractivity contribution in [3.63, 3.8) is 0 Å². The van der Waals surface area contributed by atoms with Gasteiger partial charge in [-0.1, -0.05) is 18.2 Å². The largest absolute Gasteiger partial charge is 0.378 e. The van der Waals surface area contributed by atoms with Crippen LogP contribution in [0.15, 0.2) is 18.2 Å². The Hall–Kier alpha value is -1.92. The molecule has 6 heteroatoms. The number of amides is 2. The second-order valence-corrected chi connectivity index (χ2v) is 8.25. The zero-order valence-corrected chi connectivity index (χ0v) is 16.5. The van der Waals surface area contributed by atoms with Crippen LogP contribution in [-0.4, -0.2) is 56.1 Å². The molecule has 1 aliphatic carbocycles. The first kappa shape index (κ1) is 19.4. The number of piperidine rings is 1. The number of fused-ring (bicyclic) bond motifs is 1. The maximum absolute atomic E-state index is 12.7. The van der Waals surface area contributed by atoms with E-state index >= 15 is 0 Å². The fraction of sp³-hybridized carbons (Fsp3) is 0.636. The molecule has 2 aliphatic heterocycles. The Morgan fingerprint density at radius 3 is 2.64 bits per heavy atom. The molecule has 1 aromatic rings. The minimum atomic E-state index is -0.152. The third-order valence-corrected chi connectivity index (χ3v) is 6.27. The summed E-state index contributed by atoms with van der Waals surface area (Å²) in [6.07, 6.45) is 5.49. The van der Waals surface area contributed by atoms with Crippen LogP contribution in [0.3, 0.4) is 0 Å². The van der Waals surface area contributed by atoms with Gasteiger partial charge >= 0.3 is 0 Å². The van der Waals surface area contributed by atoms with Crippen molar-refractivity contribution in [2.75, 3.05) is 39.4 Å². The van der Waals surface area contributed by atoms with Crippen LogP contribution in [0.2, 0.25) is 0 Å². The Morgan fingerprint density at radius 1 is 1.07 bits per heavy atom. The van der Waals surface area contributed by atoms with E-state index in [1.165, 1.54) is 36.0 Å². The van der Waals surface area contributed by atoms with Crippen LogP contribution in [0.25, 0.3) is 0 Å². The lowest BCUT2D eigenvalue weighted by atomic mass is 9.88. The monoisotopic (exact) mass is 385 g/mol. The number of benzene rings is 1. The topological polar surface area (TPSA) is 70.7 Å². The standard InChI is InChI=1S/C22H31N3O3/c26-21(24-13-16-5-6-17-3-1-2-4-18(17)11-16)19-12-20(15-23-14-19)22(27)25-7-9-28-10-8-25/h5-6,11,19-20,23H,1-4,7-10,12-15H2,(H,24,26). The molecule has 0 aromatic heterocycles. The molecule has 28 heavy (non-hydrogen) atoms. The van der Waals surface area contributed by atoms with E-state index in [0.717, 1.165) is 6.42 Å². The van der Waals surface area contributed by atoms with Crippen LogP contribution >= 0.6 is 0 Å². The van der Waals surface area contributed by atoms with Gasteiger partial charge in [-0.2, -0.15) is 0 Å². The third kappa shape index (κ3) is 4.55. The lowest BCUT2D eigenvalue weighted by Crippen LogP contribution is -2.51. The first-order valence-electron chi connectivity index (χ1n) is 10.7. The maximum Gasteiger partial charge on any atom is 0.227 e. The lowest BCUT2D eigenvalue weighted by Gasteiger charge is -2.34. The van der Waals surface area contributed by atoms with E-state index < -0.39 is 0 Å². The SMILES string of the molecule is O=C(NCc1ccc2c(c1)CCCC2)C1CNCC(C(=O)N2CCOCC2)C1. The predicted octanol–water partition coefficient (Wildman–Crippen LogP) is 1.27. The van der Waals surface area contributed by atoms with Gasteiger partial charge in [0.15, 0.2) is 0 Å². The van der Waals surface area contributed by atoms with Gasteiger partial charge in [0.2, 0.25) is 11.8 Å². The van der Waals surface area contributed by atoms with Crippen molar-refractivity contribution in [3.8, 4) is 0 Å². The number of aryl methyl sites for hydroxylation is 2. The molecule has 2 N–H and O–H groups in total. The smallest absolute Gasteiger partial charge is 0.227 e. The quantitative estimate of drug-likeness (QED) is 0.819. The number of carbonyl (C=O) groups is 2. The number of carbonyl (C=O) groups excluding carboxylic acids is 2. The summed E-state index contributed by atoms with van der Waals surface area (Å²) in [5.41, 5.74) is 4.06. The average molecular weight is 386 g/mol. The average Bonchev–Trinajstić information content (AvgIpc) is 2.77. The molecule has 2 heterocycles. The molecule has 2 fully saturated rings. The summed E-state index contributed by atoms with van der Waals surface area (Å²) >= 11 is 0. The molecule has 2 amide bonds. The molecule has 152 valence electrons. The number of hydrogen-bond donors (Lipinski definition) is 2. The van der Waals surface area contributed by atoms with Gasteiger partial charge in [-0.05, 0) is 48.8 Å². The predicted molar refractivity (Wildman–Crippen MR) is 107 cm³/mol. The summed E-state index contributed by atoms with van der Waals surface area (Å²) in [5, 5.41) is 6.38. The van der Waals surface area contributed by atoms with Gasteiger partial charge < -0.3 is 20.3 Å². The molecule has 2 saturated heterocycles. The molecule has 2 atom stereocenters. The molecule has 4 rings (SSSR count). The van der Waals surface area contributed by atoms with Gasteiger partial charge in [0, 0.05) is 32.7 Å². The molecule has 1 aromatic carbocycles. The molecule has 6 nitrogen and oxygen atoms in total. The highest BCUT2D eigenvalue weighted by atomic mass is 16.5. The van der Waals surface area contributed by atoms with Crippen LogP contribution < -0.4 is 10.6 Å². The fourth-order valence-corrected chi connectivity index (χ4v) is 4.60. The molecule has 2 unspecified atom stereocenters. The van der Waals surface area contributed by atoms with Crippen molar-refractivity contribution in [1.29, 1.82) is 0 Å². The summed E-state index contributed by atoms with van der Waals surface area (Å²) in [4.78, 5) is 27.3. The summed E-state index contributed by atoms with van der Waals surface area (Å²) < 4.78 is 5.33. The Bertz CT molecular complexity index is 715. The van der Waals surface area contributed by atoms with Crippen LogP contribution in [0.5, 0.6) is 0 Å². The van der Waals surface area contributed by atoms with E-state index in [1.54, 1.807) is 0 Å². The number of ether oxygens (including phenoxy) is 1. The summed E-state index contributed by atoms with van der Waals surface area (Å²) in [5.74, 6) is -0.0691. The van der Waals surface area contributed by atoms with Crippen molar-refractivity contribution in [3.05, 3.63) is 34.9 Å². The Morgan fingerprint density at radius 2 is 1.82 bits per heavy atom. The fourth-order valence-electron chi connectivity index (χ4n) is 4.60. The first-order valence-corrected chi connectivity index (χ1v) is 10.7. The first-order chi connectivity index (χ1) is 13.7. The minimum Gasteiger partial charge on any atom is -0.378 e. The summed E-state index contributed by atoms with van der Waals surface area (Å²) in [7, 11) is 0. The van der Waals surface area contributed by atoms with Crippen LogP contribution in [0.1, 0.15) is 36.0 Å². The number of nitrogens with one attached hydrogen (secondary N) is 2. The van der Waals surface area contributed by atoms with E-state index in [2.05, 4.69) is 28.8 Å². The second kappa shape index (κ2) is 9.05. The second-order valence-electron chi connectivity index (χ2n) is 8.25. The maximum atomic E-state index is 12.7. The number of nitrogens with zero attached hydrogens (tertiary/aromatic N) is 1. The molecule has 0 saturated carbocycles. The molecule has 0 spiro atoms. The molecule has 3 aliphatic rings. The highest BCUT2D eigenvalue weighted by Gasteiger charge is 2.33. The number of hydrogen-bond acceptors (Lipinski definition) is 4. The Kier molecular flexibility index (Phi) is 6.27. The van der Waals surface area contributed by atoms with Gasteiger partial charge in [0.05, 0.1) is 25.0 Å². The van der Waals surface area contributed by atoms with Crippen molar-refractivity contribution >= 4 is 11.8 Å². The zero-order valence-electron chi connectivity index (χ0n) is 16.5. The third-order valence-electron chi connectivity index (χ3n) is 6.27. The summed E-state index contributed by atoms with van der Waals surface area (Å²) in [6.45, 7) is 4.39. The highest BCUT2D eigenvalue weighted by Crippen LogP contribution is 2.23. The molecule has 0 bridgehead atoms. The highest BCUT2D eigenvalue weighted by molar-refractivity contribution is 5.83. The van der Waals surface area contributed by atoms with Gasteiger partial charge in [-0.15, -0.1) is 0 Å². The number of morpholine rings is 1. The van der Waals surface area contributed by atoms with Crippen molar-refractivity contribution in [2.45, 2.75) is 38.6 Å². The van der Waals surface area contributed by atoms with E-state index in [0.29, 0.717) is 52.4 Å². The molecule has 0 radical (unpaired) electrons. The van der Waals surface area contributed by atoms with Crippen molar-refractivity contribution in [1.82, 2.24) is 15.5 Å². The van der Waals surface area contributed by atoms with Gasteiger partial charge in [0.25, 0.3) is 0 Å². The van der Waals surface area contributed by atoms with Crippen LogP contribution in [0, 0.1) is 11.8 Å². The van der Waals surface area contributed by atoms with E-state index in [1.807, 2.05) is 4.90 Å². The van der Waals surface area contributed by atoms with Crippen LogP contribution in [0.4, 0.5) is 0 Å². The Balaban J connectivity index is 1.30. The van der Waals surface area contributed by atoms with Crippen LogP contribution in [-0.2, 0) is 33.7 Å². The lowest BCUT2D eigenvalue weighted by molar-refractivity contribution is -0.141. The van der Waals surface area contributed by atoms with Gasteiger partial charge in [-0.25, -0.2) is 0 Å². The molecular weight excluding hydrogens is 354 g/mol. The van der Waals surface area contributed by atoms with E-state index in [4.69, 9.17) is 4.74 Å². The summed E-state index contributed by atoms with van der Waals surface area (Å²) in [6, 6.07) is 6.60. The Labute approximate surface area is 167 Å². The number of rotatable bonds is 4. The van der Waals surface area contributed by atoms with Gasteiger partial charge in [-0.3, -0.25) is 9.59 Å². The van der Waals surface area contributed by atoms with Crippen molar-refractivity contribution < 1.29 is 14.3 Å². The van der Waals surface area contributed by atoms with E-state index in [9.17, 15) is 9.59 Å². The van der Waals surface area contributed by atoms with Crippen molar-refractivity contribution in [2.24, 2.45) is 11.8 Å². The van der Waals surface area contributed by atoms with Gasteiger partial charge in [0.1, 0.15) is 0 Å². The minimum absolute atomic E-state index is 0.0460. The normalized spacial score (nSPS) is 25.1. The molecular formula is C22H31N3O3.